The van der Waals surface area contributed by atoms with Gasteiger partial charge in [0.25, 0.3) is 0 Å². The monoisotopic (exact) mass is 321 g/mol. The van der Waals surface area contributed by atoms with Crippen molar-refractivity contribution >= 4 is 32.4 Å². The van der Waals surface area contributed by atoms with Gasteiger partial charge in [-0.3, -0.25) is 4.98 Å². The molecule has 0 saturated carbocycles. The third-order valence-electron chi connectivity index (χ3n) is 3.79. The molecule has 0 amide bonds. The molecule has 1 nitrogen and oxygen atoms in total. The predicted molar refractivity (Wildman–Crippen MR) is 86.7 cm³/mol. The van der Waals surface area contributed by atoms with Crippen molar-refractivity contribution in [2.45, 2.75) is 6.42 Å². The highest BCUT2D eigenvalue weighted by Gasteiger charge is 2.16. The van der Waals surface area contributed by atoms with E-state index in [0.717, 1.165) is 16.4 Å². The fourth-order valence-electron chi connectivity index (χ4n) is 2.79. The average Bonchev–Trinajstić information content (AvgIpc) is 2.89. The molecule has 1 aliphatic rings. The standard InChI is InChI=1S/C18H12BrN/c19-15-7-5-12-6-8-16(17(12)10-15)14-9-13-3-1-2-4-18(13)20-11-14/h1-5,7-11H,6H2. The average molecular weight is 322 g/mol. The topological polar surface area (TPSA) is 12.9 Å². The molecule has 2 aromatic carbocycles. The van der Waals surface area contributed by atoms with Crippen molar-refractivity contribution in [2.75, 3.05) is 0 Å². The van der Waals surface area contributed by atoms with Gasteiger partial charge in [0.15, 0.2) is 0 Å². The second-order valence-corrected chi connectivity index (χ2v) is 5.96. The number of hydrogen-bond acceptors (Lipinski definition) is 1. The molecule has 20 heavy (non-hydrogen) atoms. The van der Waals surface area contributed by atoms with Crippen LogP contribution in [0.1, 0.15) is 16.7 Å². The SMILES string of the molecule is Brc1ccc2c(c1)C(c1cnc3ccccc3c1)=CC2. The van der Waals surface area contributed by atoms with E-state index in [9.17, 15) is 0 Å². The second-order valence-electron chi connectivity index (χ2n) is 5.04. The Bertz CT molecular complexity index is 849. The van der Waals surface area contributed by atoms with E-state index in [1.54, 1.807) is 0 Å². The van der Waals surface area contributed by atoms with Crippen LogP contribution < -0.4 is 0 Å². The highest BCUT2D eigenvalue weighted by atomic mass is 79.9. The van der Waals surface area contributed by atoms with Gasteiger partial charge in [-0.1, -0.05) is 46.3 Å². The zero-order valence-electron chi connectivity index (χ0n) is 10.8. The summed E-state index contributed by atoms with van der Waals surface area (Å²) in [5.74, 6) is 0. The number of aromatic nitrogens is 1. The summed E-state index contributed by atoms with van der Waals surface area (Å²) in [6, 6.07) is 17.0. The van der Waals surface area contributed by atoms with Crippen LogP contribution in [-0.2, 0) is 6.42 Å². The van der Waals surface area contributed by atoms with Gasteiger partial charge in [0.2, 0.25) is 0 Å². The lowest BCUT2D eigenvalue weighted by Gasteiger charge is -2.08. The highest BCUT2D eigenvalue weighted by Crippen LogP contribution is 2.34. The molecule has 0 N–H and O–H groups in total. The molecule has 96 valence electrons. The van der Waals surface area contributed by atoms with Crippen LogP contribution in [-0.4, -0.2) is 4.98 Å². The summed E-state index contributed by atoms with van der Waals surface area (Å²) in [5, 5.41) is 1.19. The molecular weight excluding hydrogens is 310 g/mol. The first-order valence-corrected chi connectivity index (χ1v) is 7.45. The molecule has 0 spiro atoms. The van der Waals surface area contributed by atoms with E-state index in [1.165, 1.54) is 27.6 Å². The smallest absolute Gasteiger partial charge is 0.0702 e. The van der Waals surface area contributed by atoms with Crippen LogP contribution in [0.4, 0.5) is 0 Å². The zero-order chi connectivity index (χ0) is 13.5. The minimum absolute atomic E-state index is 1.00. The number of fused-ring (bicyclic) bond motifs is 2. The fourth-order valence-corrected chi connectivity index (χ4v) is 3.15. The zero-order valence-corrected chi connectivity index (χ0v) is 12.4. The van der Waals surface area contributed by atoms with Gasteiger partial charge in [-0.15, -0.1) is 0 Å². The highest BCUT2D eigenvalue weighted by molar-refractivity contribution is 9.10. The van der Waals surface area contributed by atoms with E-state index in [-0.39, 0.29) is 0 Å². The molecule has 0 bridgehead atoms. The fraction of sp³-hybridized carbons (Fsp3) is 0.0556. The summed E-state index contributed by atoms with van der Waals surface area (Å²) in [6.45, 7) is 0. The molecule has 4 rings (SSSR count). The number of nitrogens with zero attached hydrogens (tertiary/aromatic N) is 1. The van der Waals surface area contributed by atoms with Crippen LogP contribution in [0.15, 0.2) is 65.3 Å². The predicted octanol–water partition coefficient (Wildman–Crippen LogP) is 4.99. The summed E-state index contributed by atoms with van der Waals surface area (Å²) in [7, 11) is 0. The number of allylic oxidation sites excluding steroid dienone is 1. The molecule has 2 heteroatoms. The van der Waals surface area contributed by atoms with E-state index in [2.05, 4.69) is 63.4 Å². The quantitative estimate of drug-likeness (QED) is 0.615. The Kier molecular flexibility index (Phi) is 2.71. The first-order chi connectivity index (χ1) is 9.81. The molecule has 1 aromatic heterocycles. The molecule has 0 radical (unpaired) electrons. The maximum Gasteiger partial charge on any atom is 0.0702 e. The van der Waals surface area contributed by atoms with Gasteiger partial charge in [-0.2, -0.15) is 0 Å². The van der Waals surface area contributed by atoms with E-state index in [0.29, 0.717) is 0 Å². The lowest BCUT2D eigenvalue weighted by molar-refractivity contribution is 1.31. The largest absolute Gasteiger partial charge is 0.256 e. The summed E-state index contributed by atoms with van der Waals surface area (Å²) in [4.78, 5) is 4.57. The molecular formula is C18H12BrN. The summed E-state index contributed by atoms with van der Waals surface area (Å²) >= 11 is 3.56. The van der Waals surface area contributed by atoms with Gasteiger partial charge in [-0.05, 0) is 47.4 Å². The molecule has 0 atom stereocenters. The minimum atomic E-state index is 1.00. The second kappa shape index (κ2) is 4.57. The van der Waals surface area contributed by atoms with Crippen molar-refractivity contribution in [3.63, 3.8) is 0 Å². The summed E-state index contributed by atoms with van der Waals surface area (Å²) in [6.07, 6.45) is 5.28. The third-order valence-corrected chi connectivity index (χ3v) is 4.28. The number of hydrogen-bond donors (Lipinski definition) is 0. The van der Waals surface area contributed by atoms with E-state index in [4.69, 9.17) is 0 Å². The lowest BCUT2D eigenvalue weighted by Crippen LogP contribution is -1.89. The van der Waals surface area contributed by atoms with Crippen LogP contribution in [0.5, 0.6) is 0 Å². The molecule has 1 heterocycles. The lowest BCUT2D eigenvalue weighted by atomic mass is 9.99. The summed E-state index contributed by atoms with van der Waals surface area (Å²) < 4.78 is 1.12. The summed E-state index contributed by atoms with van der Waals surface area (Å²) in [5.41, 5.74) is 6.23. The van der Waals surface area contributed by atoms with Crippen LogP contribution in [0.25, 0.3) is 16.5 Å². The van der Waals surface area contributed by atoms with E-state index < -0.39 is 0 Å². The number of benzene rings is 2. The van der Waals surface area contributed by atoms with Crippen molar-refractivity contribution in [1.29, 1.82) is 0 Å². The number of rotatable bonds is 1. The number of pyridine rings is 1. The minimum Gasteiger partial charge on any atom is -0.256 e. The Morgan fingerprint density at radius 1 is 1.00 bits per heavy atom. The van der Waals surface area contributed by atoms with Crippen LogP contribution in [0.2, 0.25) is 0 Å². The van der Waals surface area contributed by atoms with Gasteiger partial charge in [0.1, 0.15) is 0 Å². The molecule has 1 aliphatic carbocycles. The Balaban J connectivity index is 1.87. The normalized spacial score (nSPS) is 13.3. The van der Waals surface area contributed by atoms with Crippen molar-refractivity contribution in [3.8, 4) is 0 Å². The van der Waals surface area contributed by atoms with E-state index in [1.807, 2.05) is 18.3 Å². The van der Waals surface area contributed by atoms with Crippen molar-refractivity contribution in [3.05, 3.63) is 82.0 Å². The van der Waals surface area contributed by atoms with Crippen molar-refractivity contribution in [2.24, 2.45) is 0 Å². The molecule has 0 saturated heterocycles. The molecule has 0 unspecified atom stereocenters. The molecule has 0 aliphatic heterocycles. The van der Waals surface area contributed by atoms with Gasteiger partial charge in [-0.25, -0.2) is 0 Å². The van der Waals surface area contributed by atoms with Gasteiger partial charge < -0.3 is 0 Å². The van der Waals surface area contributed by atoms with Crippen LogP contribution in [0, 0.1) is 0 Å². The van der Waals surface area contributed by atoms with Crippen molar-refractivity contribution < 1.29 is 0 Å². The van der Waals surface area contributed by atoms with Gasteiger partial charge in [0, 0.05) is 21.6 Å². The van der Waals surface area contributed by atoms with Crippen LogP contribution >= 0.6 is 15.9 Å². The Morgan fingerprint density at radius 2 is 1.90 bits per heavy atom. The molecule has 3 aromatic rings. The van der Waals surface area contributed by atoms with Crippen molar-refractivity contribution in [1.82, 2.24) is 4.98 Å². The Hall–Kier alpha value is -1.93. The van der Waals surface area contributed by atoms with E-state index >= 15 is 0 Å². The molecule has 0 fully saturated rings. The number of halogens is 1. The first kappa shape index (κ1) is 11.9. The Labute approximate surface area is 126 Å². The maximum atomic E-state index is 4.57. The van der Waals surface area contributed by atoms with Gasteiger partial charge >= 0.3 is 0 Å². The first-order valence-electron chi connectivity index (χ1n) is 6.65. The van der Waals surface area contributed by atoms with Crippen LogP contribution in [0.3, 0.4) is 0 Å². The third kappa shape index (κ3) is 1.88. The van der Waals surface area contributed by atoms with Gasteiger partial charge in [0.05, 0.1) is 5.52 Å². The number of para-hydroxylation sites is 1. The Morgan fingerprint density at radius 3 is 2.85 bits per heavy atom. The maximum absolute atomic E-state index is 4.57.